The van der Waals surface area contributed by atoms with Gasteiger partial charge in [-0.05, 0) is 68.7 Å². The summed E-state index contributed by atoms with van der Waals surface area (Å²) in [4.78, 5) is 13.7. The Kier molecular flexibility index (Phi) is 6.44. The van der Waals surface area contributed by atoms with Crippen LogP contribution in [-0.2, 0) is 6.42 Å². The fourth-order valence-electron chi connectivity index (χ4n) is 9.28. The van der Waals surface area contributed by atoms with Gasteiger partial charge >= 0.3 is 6.01 Å². The molecule has 5 aliphatic rings. The third-order valence-electron chi connectivity index (χ3n) is 11.3. The second-order valence-corrected chi connectivity index (χ2v) is 13.9. The van der Waals surface area contributed by atoms with Gasteiger partial charge in [-0.2, -0.15) is 9.97 Å². The fourth-order valence-corrected chi connectivity index (χ4v) is 9.28. The normalized spacial score (nSPS) is 28.0. The van der Waals surface area contributed by atoms with Gasteiger partial charge in [0.1, 0.15) is 41.5 Å². The van der Waals surface area contributed by atoms with Crippen LogP contribution in [0.3, 0.4) is 0 Å². The maximum atomic E-state index is 17.1. The lowest BCUT2D eigenvalue weighted by Crippen LogP contribution is -2.58. The number of aryl methyl sites for hydroxylation is 1. The van der Waals surface area contributed by atoms with Crippen molar-refractivity contribution >= 4 is 27.5 Å². The molecule has 5 aliphatic heterocycles. The fraction of sp³-hybridized carbons (Fsp3) is 0.444. The summed E-state index contributed by atoms with van der Waals surface area (Å²) in [6, 6.07) is 5.52. The predicted molar refractivity (Wildman–Crippen MR) is 170 cm³/mol. The molecule has 2 N–H and O–H groups in total. The summed E-state index contributed by atoms with van der Waals surface area (Å²) >= 11 is 0. The number of benzene rings is 3. The van der Waals surface area contributed by atoms with Gasteiger partial charge in [-0.3, -0.25) is 4.90 Å². The number of nitrogens with zero attached hydrogens (tertiary/aromatic N) is 4. The number of halogens is 4. The Morgan fingerprint density at radius 2 is 1.96 bits per heavy atom. The highest BCUT2D eigenvalue weighted by atomic mass is 19.1. The first kappa shape index (κ1) is 29.0. The van der Waals surface area contributed by atoms with E-state index in [2.05, 4.69) is 26.0 Å². The summed E-state index contributed by atoms with van der Waals surface area (Å²) in [5.74, 6) is 0.00939. The van der Waals surface area contributed by atoms with Crippen LogP contribution < -0.4 is 15.0 Å². The quantitative estimate of drug-likeness (QED) is 0.216. The Morgan fingerprint density at radius 3 is 2.81 bits per heavy atom. The topological polar surface area (TPSA) is 73.8 Å². The Hall–Kier alpha value is -4.14. The minimum absolute atomic E-state index is 0.00667. The molecule has 7 nitrogen and oxygen atoms in total. The van der Waals surface area contributed by atoms with Crippen LogP contribution in [0.15, 0.2) is 24.3 Å². The Labute approximate surface area is 268 Å². The summed E-state index contributed by atoms with van der Waals surface area (Å²) in [5, 5.41) is 15.1. The molecule has 47 heavy (non-hydrogen) atoms. The summed E-state index contributed by atoms with van der Waals surface area (Å²) in [6.07, 6.45) is 9.69. The van der Waals surface area contributed by atoms with Crippen molar-refractivity contribution in [3.05, 3.63) is 52.8 Å². The minimum Gasteiger partial charge on any atom is -0.508 e. The number of anilines is 1. The number of piperazine rings is 1. The van der Waals surface area contributed by atoms with Gasteiger partial charge in [0.15, 0.2) is 5.82 Å². The van der Waals surface area contributed by atoms with E-state index in [1.165, 1.54) is 24.3 Å². The van der Waals surface area contributed by atoms with Crippen LogP contribution in [0.1, 0.15) is 49.7 Å². The Morgan fingerprint density at radius 1 is 1.09 bits per heavy atom. The SMILES string of the molecule is C#Cc1c(F)ccc2cc(O)cc(-c3c(F)c4c5c(nc(OC[C@@]67CCCN6C[C@H](F)C7)nc5c3F)N3C[C@H]5CC[C@H](N5)[C@H]3CC4)c12. The molecule has 0 saturated carbocycles. The molecule has 5 atom stereocenters. The lowest BCUT2D eigenvalue weighted by Gasteiger charge is -2.41. The van der Waals surface area contributed by atoms with Crippen molar-refractivity contribution in [2.45, 2.75) is 74.8 Å². The number of phenolic OH excluding ortho intramolecular Hbond substituents is 1. The zero-order chi connectivity index (χ0) is 32.2. The van der Waals surface area contributed by atoms with Crippen molar-refractivity contribution < 1.29 is 27.4 Å². The number of aromatic nitrogens is 2. The molecule has 242 valence electrons. The predicted octanol–water partition coefficient (Wildman–Crippen LogP) is 5.76. The molecule has 9 rings (SSSR count). The Balaban J connectivity index is 1.27. The van der Waals surface area contributed by atoms with E-state index in [4.69, 9.17) is 16.1 Å². The van der Waals surface area contributed by atoms with Gasteiger partial charge in [0, 0.05) is 54.1 Å². The van der Waals surface area contributed by atoms with Gasteiger partial charge in [-0.25, -0.2) is 17.6 Å². The molecule has 4 aromatic rings. The average molecular weight is 644 g/mol. The van der Waals surface area contributed by atoms with Crippen LogP contribution in [0, 0.1) is 29.8 Å². The van der Waals surface area contributed by atoms with Crippen molar-refractivity contribution in [1.29, 1.82) is 0 Å². The summed E-state index contributed by atoms with van der Waals surface area (Å²) in [7, 11) is 0. The number of nitrogens with one attached hydrogen (secondary N) is 1. The lowest BCUT2D eigenvalue weighted by atomic mass is 9.90. The van der Waals surface area contributed by atoms with Crippen LogP contribution in [0.25, 0.3) is 32.8 Å². The standard InChI is InChI=1S/C36H33F4N5O2/c1-2-22-25(38)7-4-18-12-21(46)13-24(28(18)22)29-31(39)23-6-9-27-26-8-5-20(41-26)16-45(27)34-30(23)33(32(29)40)42-35(43-34)47-17-36-10-3-11-44(36)15-19(37)14-36/h1,4,7,12-13,19-20,26-27,41,46H,3,5-6,8-11,14-17H2/t19-,20-,26+,27-,36+/m1/s1. The number of rotatable bonds is 4. The number of hydrogen-bond acceptors (Lipinski definition) is 7. The second kappa shape index (κ2) is 10.4. The van der Waals surface area contributed by atoms with E-state index in [1.807, 2.05) is 0 Å². The van der Waals surface area contributed by atoms with Crippen LogP contribution in [0.5, 0.6) is 11.8 Å². The van der Waals surface area contributed by atoms with Crippen LogP contribution >= 0.6 is 0 Å². The highest BCUT2D eigenvalue weighted by molar-refractivity contribution is 6.05. The van der Waals surface area contributed by atoms with Crippen molar-refractivity contribution in [2.24, 2.45) is 0 Å². The van der Waals surface area contributed by atoms with Gasteiger partial charge < -0.3 is 20.1 Å². The number of hydrogen-bond donors (Lipinski definition) is 2. The molecular formula is C36H33F4N5O2. The summed E-state index contributed by atoms with van der Waals surface area (Å²) < 4.78 is 70.0. The molecule has 2 bridgehead atoms. The van der Waals surface area contributed by atoms with E-state index in [0.29, 0.717) is 43.6 Å². The summed E-state index contributed by atoms with van der Waals surface area (Å²) in [5.41, 5.74) is -0.995. The molecule has 0 spiro atoms. The van der Waals surface area contributed by atoms with Crippen molar-refractivity contribution in [3.8, 4) is 35.2 Å². The molecular weight excluding hydrogens is 610 g/mol. The number of aromatic hydroxyl groups is 1. The smallest absolute Gasteiger partial charge is 0.319 e. The third-order valence-corrected chi connectivity index (χ3v) is 11.3. The van der Waals surface area contributed by atoms with Crippen LogP contribution in [0.4, 0.5) is 23.4 Å². The molecule has 0 radical (unpaired) electrons. The second-order valence-electron chi connectivity index (χ2n) is 13.9. The number of phenols is 1. The number of alkyl halides is 1. The van der Waals surface area contributed by atoms with Crippen molar-refractivity contribution in [1.82, 2.24) is 20.2 Å². The maximum absolute atomic E-state index is 17.1. The van der Waals surface area contributed by atoms with E-state index in [9.17, 15) is 13.9 Å². The molecule has 4 fully saturated rings. The monoisotopic (exact) mass is 643 g/mol. The minimum atomic E-state index is -0.976. The third kappa shape index (κ3) is 4.27. The molecule has 6 heterocycles. The summed E-state index contributed by atoms with van der Waals surface area (Å²) in [6.45, 7) is 1.92. The number of terminal acetylenes is 1. The average Bonchev–Trinajstić information content (AvgIpc) is 3.68. The van der Waals surface area contributed by atoms with Gasteiger partial charge in [-0.1, -0.05) is 12.0 Å². The van der Waals surface area contributed by atoms with Gasteiger partial charge in [0.25, 0.3) is 0 Å². The molecule has 0 amide bonds. The van der Waals surface area contributed by atoms with Crippen molar-refractivity contribution in [2.75, 3.05) is 31.1 Å². The van der Waals surface area contributed by atoms with Crippen LogP contribution in [0.2, 0.25) is 0 Å². The van der Waals surface area contributed by atoms with E-state index < -0.39 is 34.7 Å². The molecule has 1 aromatic heterocycles. The van der Waals surface area contributed by atoms with Crippen LogP contribution in [-0.4, -0.2) is 76.1 Å². The highest BCUT2D eigenvalue weighted by Gasteiger charge is 2.50. The number of fused-ring (bicyclic) bond motifs is 7. The zero-order valence-corrected chi connectivity index (χ0v) is 25.6. The van der Waals surface area contributed by atoms with E-state index in [-0.39, 0.29) is 69.5 Å². The molecule has 3 aromatic carbocycles. The number of ether oxygens (including phenoxy) is 1. The molecule has 0 unspecified atom stereocenters. The van der Waals surface area contributed by atoms with Gasteiger partial charge in [0.05, 0.1) is 22.1 Å². The van der Waals surface area contributed by atoms with Gasteiger partial charge in [0.2, 0.25) is 0 Å². The van der Waals surface area contributed by atoms with E-state index in [0.717, 1.165) is 32.2 Å². The molecule has 0 aliphatic carbocycles. The maximum Gasteiger partial charge on any atom is 0.319 e. The first-order valence-corrected chi connectivity index (χ1v) is 16.4. The lowest BCUT2D eigenvalue weighted by molar-refractivity contribution is 0.107. The molecule has 11 heteroatoms. The largest absolute Gasteiger partial charge is 0.508 e. The highest BCUT2D eigenvalue weighted by Crippen LogP contribution is 2.47. The van der Waals surface area contributed by atoms with E-state index >= 15 is 8.78 Å². The van der Waals surface area contributed by atoms with E-state index in [1.54, 1.807) is 0 Å². The zero-order valence-electron chi connectivity index (χ0n) is 25.6. The van der Waals surface area contributed by atoms with Crippen molar-refractivity contribution in [3.63, 3.8) is 0 Å². The first-order valence-electron chi connectivity index (χ1n) is 16.4. The molecule has 4 saturated heterocycles. The first-order chi connectivity index (χ1) is 22.7. The van der Waals surface area contributed by atoms with Gasteiger partial charge in [-0.15, -0.1) is 6.42 Å². The Bertz CT molecular complexity index is 2030.